The lowest BCUT2D eigenvalue weighted by Gasteiger charge is -2.31. The molecule has 1 saturated heterocycles. The van der Waals surface area contributed by atoms with E-state index >= 15 is 0 Å². The zero-order valence-corrected chi connectivity index (χ0v) is 18.4. The first-order valence-electron chi connectivity index (χ1n) is 9.76. The lowest BCUT2D eigenvalue weighted by atomic mass is 10.1. The summed E-state index contributed by atoms with van der Waals surface area (Å²) in [5.41, 5.74) is 1.21. The van der Waals surface area contributed by atoms with E-state index in [9.17, 15) is 8.42 Å². The number of sulfone groups is 1. The molecule has 0 saturated carbocycles. The molecule has 1 aliphatic heterocycles. The van der Waals surface area contributed by atoms with Crippen LogP contribution in [0, 0.1) is 0 Å². The van der Waals surface area contributed by atoms with Crippen molar-refractivity contribution in [1.82, 2.24) is 4.98 Å². The van der Waals surface area contributed by atoms with Gasteiger partial charge < -0.3 is 23.8 Å². The number of pyridine rings is 1. The summed E-state index contributed by atoms with van der Waals surface area (Å²) in [6.07, 6.45) is 1.42. The van der Waals surface area contributed by atoms with Gasteiger partial charge in [0, 0.05) is 30.7 Å². The van der Waals surface area contributed by atoms with Gasteiger partial charge in [-0.1, -0.05) is 0 Å². The molecular weight excluding hydrogens is 420 g/mol. The number of hydrogen-bond acceptors (Lipinski definition) is 8. The van der Waals surface area contributed by atoms with Crippen molar-refractivity contribution in [3.05, 3.63) is 42.6 Å². The van der Waals surface area contributed by atoms with Crippen LogP contribution in [0.4, 0.5) is 5.69 Å². The Labute approximate surface area is 181 Å². The van der Waals surface area contributed by atoms with Crippen LogP contribution in [0.25, 0.3) is 10.9 Å². The SMILES string of the molecule is COc1ccc(S(=O)(=O)c2cnc3cc(OC)c(OC)cc3c2N2CCOCC2)cc1. The molecule has 2 heterocycles. The number of ether oxygens (including phenoxy) is 4. The molecule has 1 aromatic heterocycles. The van der Waals surface area contributed by atoms with E-state index in [1.807, 2.05) is 4.90 Å². The highest BCUT2D eigenvalue weighted by atomic mass is 32.2. The first-order valence-corrected chi connectivity index (χ1v) is 11.2. The molecule has 0 unspecified atom stereocenters. The van der Waals surface area contributed by atoms with Gasteiger partial charge in [-0.3, -0.25) is 4.98 Å². The van der Waals surface area contributed by atoms with Gasteiger partial charge in [0.15, 0.2) is 11.5 Å². The third-order valence-electron chi connectivity index (χ3n) is 5.30. The molecule has 2 aromatic carbocycles. The Bertz CT molecular complexity index is 1190. The van der Waals surface area contributed by atoms with Crippen LogP contribution in [0.3, 0.4) is 0 Å². The zero-order chi connectivity index (χ0) is 22.0. The van der Waals surface area contributed by atoms with Gasteiger partial charge in [0.05, 0.1) is 50.6 Å². The number of morpholine rings is 1. The molecule has 0 aliphatic carbocycles. The fourth-order valence-electron chi connectivity index (χ4n) is 3.68. The minimum Gasteiger partial charge on any atom is -0.497 e. The van der Waals surface area contributed by atoms with Crippen LogP contribution in [0.15, 0.2) is 52.4 Å². The summed E-state index contributed by atoms with van der Waals surface area (Å²) < 4.78 is 48.7. The van der Waals surface area contributed by atoms with E-state index in [-0.39, 0.29) is 9.79 Å². The highest BCUT2D eigenvalue weighted by molar-refractivity contribution is 7.91. The van der Waals surface area contributed by atoms with Gasteiger partial charge in [0.25, 0.3) is 0 Å². The van der Waals surface area contributed by atoms with Gasteiger partial charge in [-0.15, -0.1) is 0 Å². The molecule has 4 rings (SSSR count). The zero-order valence-electron chi connectivity index (χ0n) is 17.6. The van der Waals surface area contributed by atoms with Crippen molar-refractivity contribution in [2.75, 3.05) is 52.5 Å². The molecule has 3 aromatic rings. The van der Waals surface area contributed by atoms with Crippen LogP contribution < -0.4 is 19.1 Å². The summed E-state index contributed by atoms with van der Waals surface area (Å²) in [7, 11) is 0.789. The summed E-state index contributed by atoms with van der Waals surface area (Å²) in [5.74, 6) is 1.62. The topological polar surface area (TPSA) is 87.2 Å². The van der Waals surface area contributed by atoms with Crippen LogP contribution >= 0.6 is 0 Å². The number of hydrogen-bond donors (Lipinski definition) is 0. The molecule has 8 nitrogen and oxygen atoms in total. The van der Waals surface area contributed by atoms with Crippen molar-refractivity contribution in [3.8, 4) is 17.2 Å². The smallest absolute Gasteiger partial charge is 0.210 e. The average Bonchev–Trinajstić information content (AvgIpc) is 2.82. The van der Waals surface area contributed by atoms with Crippen molar-refractivity contribution < 1.29 is 27.4 Å². The standard InChI is InChI=1S/C22H24N2O6S/c1-27-15-4-6-16(7-5-15)31(25,26)21-14-23-18-13-20(29-3)19(28-2)12-17(18)22(21)24-8-10-30-11-9-24/h4-7,12-14H,8-11H2,1-3H3. The Hall–Kier alpha value is -3.04. The summed E-state index contributed by atoms with van der Waals surface area (Å²) in [6.45, 7) is 2.16. The van der Waals surface area contributed by atoms with Crippen molar-refractivity contribution >= 4 is 26.4 Å². The highest BCUT2D eigenvalue weighted by Gasteiger charge is 2.28. The van der Waals surface area contributed by atoms with Gasteiger partial charge in [0.2, 0.25) is 9.84 Å². The molecule has 0 radical (unpaired) electrons. The predicted molar refractivity (Wildman–Crippen MR) is 116 cm³/mol. The van der Waals surface area contributed by atoms with E-state index in [0.717, 1.165) is 0 Å². The first kappa shape index (κ1) is 21.2. The Morgan fingerprint density at radius 1 is 0.935 bits per heavy atom. The molecule has 1 aliphatic rings. The lowest BCUT2D eigenvalue weighted by molar-refractivity contribution is 0.122. The number of aromatic nitrogens is 1. The second kappa shape index (κ2) is 8.60. The number of rotatable bonds is 6. The van der Waals surface area contributed by atoms with Crippen molar-refractivity contribution in [1.29, 1.82) is 0 Å². The fraction of sp³-hybridized carbons (Fsp3) is 0.318. The Kier molecular flexibility index (Phi) is 5.88. The molecule has 164 valence electrons. The van der Waals surface area contributed by atoms with Crippen LogP contribution in [-0.4, -0.2) is 61.0 Å². The summed E-state index contributed by atoms with van der Waals surface area (Å²) in [4.78, 5) is 6.78. The van der Waals surface area contributed by atoms with Gasteiger partial charge >= 0.3 is 0 Å². The molecule has 0 N–H and O–H groups in total. The second-order valence-corrected chi connectivity index (χ2v) is 8.89. The monoisotopic (exact) mass is 444 g/mol. The summed E-state index contributed by atoms with van der Waals surface area (Å²) in [6, 6.07) is 9.86. The predicted octanol–water partition coefficient (Wildman–Crippen LogP) is 2.93. The van der Waals surface area contributed by atoms with Gasteiger partial charge in [-0.25, -0.2) is 8.42 Å². The maximum Gasteiger partial charge on any atom is 0.210 e. The van der Waals surface area contributed by atoms with Gasteiger partial charge in [0.1, 0.15) is 10.6 Å². The average molecular weight is 445 g/mol. The highest BCUT2D eigenvalue weighted by Crippen LogP contribution is 2.40. The Balaban J connectivity index is 1.97. The molecule has 0 bridgehead atoms. The van der Waals surface area contributed by atoms with Crippen LogP contribution in [-0.2, 0) is 14.6 Å². The normalized spacial score (nSPS) is 14.5. The van der Waals surface area contributed by atoms with E-state index < -0.39 is 9.84 Å². The minimum atomic E-state index is -3.84. The van der Waals surface area contributed by atoms with Gasteiger partial charge in [-0.2, -0.15) is 0 Å². The van der Waals surface area contributed by atoms with E-state index in [2.05, 4.69) is 4.98 Å². The van der Waals surface area contributed by atoms with Crippen LogP contribution in [0.5, 0.6) is 17.2 Å². The summed E-state index contributed by atoms with van der Waals surface area (Å²) >= 11 is 0. The largest absolute Gasteiger partial charge is 0.497 e. The number of nitrogens with zero attached hydrogens (tertiary/aromatic N) is 2. The third-order valence-corrected chi connectivity index (χ3v) is 7.07. The van der Waals surface area contributed by atoms with Crippen LogP contribution in [0.1, 0.15) is 0 Å². The number of fused-ring (bicyclic) bond motifs is 1. The van der Waals surface area contributed by atoms with E-state index in [1.54, 1.807) is 38.5 Å². The second-order valence-electron chi connectivity index (χ2n) is 6.97. The Morgan fingerprint density at radius 3 is 2.19 bits per heavy atom. The molecule has 31 heavy (non-hydrogen) atoms. The molecule has 0 spiro atoms. The number of anilines is 1. The summed E-state index contributed by atoms with van der Waals surface area (Å²) in [5, 5.41) is 0.675. The van der Waals surface area contributed by atoms with Crippen molar-refractivity contribution in [3.63, 3.8) is 0 Å². The molecular formula is C22H24N2O6S. The van der Waals surface area contributed by atoms with Gasteiger partial charge in [-0.05, 0) is 30.3 Å². The molecule has 0 amide bonds. The maximum absolute atomic E-state index is 13.6. The van der Waals surface area contributed by atoms with E-state index in [1.165, 1.54) is 25.4 Å². The number of benzene rings is 2. The van der Waals surface area contributed by atoms with Crippen molar-refractivity contribution in [2.45, 2.75) is 9.79 Å². The van der Waals surface area contributed by atoms with Crippen molar-refractivity contribution in [2.24, 2.45) is 0 Å². The lowest BCUT2D eigenvalue weighted by Crippen LogP contribution is -2.37. The molecule has 9 heteroatoms. The molecule has 1 fully saturated rings. The quantitative estimate of drug-likeness (QED) is 0.574. The fourth-order valence-corrected chi connectivity index (χ4v) is 5.11. The Morgan fingerprint density at radius 2 is 1.58 bits per heavy atom. The maximum atomic E-state index is 13.6. The van der Waals surface area contributed by atoms with E-state index in [0.29, 0.717) is 60.1 Å². The van der Waals surface area contributed by atoms with E-state index in [4.69, 9.17) is 18.9 Å². The molecule has 0 atom stereocenters. The number of methoxy groups -OCH3 is 3. The first-order chi connectivity index (χ1) is 15.0. The minimum absolute atomic E-state index is 0.138. The third kappa shape index (κ3) is 3.86. The van der Waals surface area contributed by atoms with Crippen LogP contribution in [0.2, 0.25) is 0 Å².